The number of carboxylic acid groups (broad SMARTS) is 1. The monoisotopic (exact) mass is 618 g/mol. The molecule has 0 aliphatic heterocycles. The van der Waals surface area contributed by atoms with E-state index < -0.39 is 17.7 Å². The van der Waals surface area contributed by atoms with Crippen LogP contribution in [0.1, 0.15) is 69.1 Å². The summed E-state index contributed by atoms with van der Waals surface area (Å²) in [7, 11) is 0. The quantitative estimate of drug-likeness (QED) is 0.156. The van der Waals surface area contributed by atoms with Crippen molar-refractivity contribution in [2.24, 2.45) is 5.92 Å². The zero-order valence-electron chi connectivity index (χ0n) is 27.0. The Bertz CT molecular complexity index is 1510. The Morgan fingerprint density at radius 1 is 0.848 bits per heavy atom. The van der Waals surface area contributed by atoms with E-state index in [1.54, 1.807) is 0 Å². The van der Waals surface area contributed by atoms with Crippen LogP contribution in [0.4, 0.5) is 10.5 Å². The van der Waals surface area contributed by atoms with Crippen LogP contribution >= 0.6 is 0 Å². The maximum Gasteiger partial charge on any atom is 0.412 e. The van der Waals surface area contributed by atoms with Crippen molar-refractivity contribution in [1.29, 1.82) is 0 Å². The molecule has 6 heteroatoms. The molecule has 46 heavy (non-hydrogen) atoms. The van der Waals surface area contributed by atoms with E-state index >= 15 is 0 Å². The lowest BCUT2D eigenvalue weighted by atomic mass is 9.82. The molecule has 2 N–H and O–H groups in total. The number of rotatable bonds is 13. The zero-order chi connectivity index (χ0) is 32.4. The Morgan fingerprint density at radius 3 is 1.96 bits per heavy atom. The number of carbonyl (C=O) groups excluding carboxylic acids is 1. The highest BCUT2D eigenvalue weighted by atomic mass is 16.6. The maximum absolute atomic E-state index is 13.5. The lowest BCUT2D eigenvalue weighted by Gasteiger charge is -2.41. The largest absolute Gasteiger partial charge is 0.481 e. The number of hydrogen-bond donors (Lipinski definition) is 2. The number of hydrogen-bond acceptors (Lipinski definition) is 4. The molecule has 0 spiro atoms. The summed E-state index contributed by atoms with van der Waals surface area (Å²) in [5.41, 5.74) is 5.58. The molecule has 0 radical (unpaired) electrons. The second-order valence-corrected chi connectivity index (χ2v) is 12.8. The number of aryl methyl sites for hydroxylation is 1. The molecule has 0 aromatic heterocycles. The van der Waals surface area contributed by atoms with Gasteiger partial charge in [0.25, 0.3) is 0 Å². The predicted molar refractivity (Wildman–Crippen MR) is 185 cm³/mol. The molecule has 1 fully saturated rings. The van der Waals surface area contributed by atoms with Gasteiger partial charge >= 0.3 is 12.1 Å². The third kappa shape index (κ3) is 9.07. The molecule has 0 saturated heterocycles. The number of benzene rings is 4. The van der Waals surface area contributed by atoms with Gasteiger partial charge in [-0.1, -0.05) is 110 Å². The molecule has 1 saturated carbocycles. The summed E-state index contributed by atoms with van der Waals surface area (Å²) in [6.07, 6.45) is 4.74. The van der Waals surface area contributed by atoms with Gasteiger partial charge in [-0.15, -0.1) is 0 Å². The van der Waals surface area contributed by atoms with E-state index in [2.05, 4.69) is 70.9 Å². The van der Waals surface area contributed by atoms with Crippen molar-refractivity contribution < 1.29 is 19.4 Å². The number of carboxylic acids is 1. The van der Waals surface area contributed by atoms with Crippen molar-refractivity contribution in [2.75, 3.05) is 5.32 Å². The van der Waals surface area contributed by atoms with Gasteiger partial charge in [0.2, 0.25) is 0 Å². The predicted octanol–water partition coefficient (Wildman–Crippen LogP) is 9.35. The molecule has 1 amide bonds. The summed E-state index contributed by atoms with van der Waals surface area (Å²) in [4.78, 5) is 27.6. The van der Waals surface area contributed by atoms with E-state index in [1.807, 2.05) is 62.4 Å². The first kappa shape index (κ1) is 33.0. The summed E-state index contributed by atoms with van der Waals surface area (Å²) in [5.74, 6) is -1.15. The Hall–Kier alpha value is -4.42. The van der Waals surface area contributed by atoms with E-state index in [4.69, 9.17) is 4.74 Å². The van der Waals surface area contributed by atoms with Gasteiger partial charge in [-0.3, -0.25) is 15.0 Å². The second kappa shape index (κ2) is 15.7. The highest BCUT2D eigenvalue weighted by molar-refractivity contribution is 5.92. The first-order valence-corrected chi connectivity index (χ1v) is 16.5. The summed E-state index contributed by atoms with van der Waals surface area (Å²) in [5, 5.41) is 12.6. The number of anilines is 1. The summed E-state index contributed by atoms with van der Waals surface area (Å²) >= 11 is 0. The topological polar surface area (TPSA) is 78.9 Å². The third-order valence-electron chi connectivity index (χ3n) is 9.35. The first-order chi connectivity index (χ1) is 22.3. The number of carbonyl (C=O) groups is 2. The molecule has 240 valence electrons. The van der Waals surface area contributed by atoms with E-state index in [9.17, 15) is 14.7 Å². The summed E-state index contributed by atoms with van der Waals surface area (Å²) in [6, 6.07) is 37.6. The fourth-order valence-electron chi connectivity index (χ4n) is 6.55. The number of nitrogens with zero attached hydrogens (tertiary/aromatic N) is 1. The minimum Gasteiger partial charge on any atom is -0.481 e. The standard InChI is InChI=1S/C40H46N2O4/c1-3-33(38(43)44)21-19-30-20-22-36(34-17-11-6-12-18-34)37(27-30)41-39(45)46-40(2)25-23-35(24-26-40)42(28-31-13-7-4-8-14-31)29-32-15-9-5-10-16-32/h4-18,20,22,27,33,35H,3,19,21,23-26,28-29H2,1-2H3,(H,41,45)(H,43,44)/t33?,35-,40-. The highest BCUT2D eigenvalue weighted by Crippen LogP contribution is 2.36. The molecular formula is C40H46N2O4. The van der Waals surface area contributed by atoms with Gasteiger partial charge < -0.3 is 9.84 Å². The van der Waals surface area contributed by atoms with Crippen LogP contribution in [-0.4, -0.2) is 33.7 Å². The van der Waals surface area contributed by atoms with E-state index in [0.29, 0.717) is 31.0 Å². The smallest absolute Gasteiger partial charge is 0.412 e. The number of amides is 1. The van der Waals surface area contributed by atoms with Crippen LogP contribution in [0.2, 0.25) is 0 Å². The van der Waals surface area contributed by atoms with Crippen LogP contribution in [0.3, 0.4) is 0 Å². The average Bonchev–Trinajstić information content (AvgIpc) is 3.06. The summed E-state index contributed by atoms with van der Waals surface area (Å²) < 4.78 is 6.18. The molecule has 6 nitrogen and oxygen atoms in total. The maximum atomic E-state index is 13.5. The zero-order valence-corrected chi connectivity index (χ0v) is 27.0. The van der Waals surface area contributed by atoms with Crippen molar-refractivity contribution in [3.05, 3.63) is 126 Å². The molecule has 4 aromatic rings. The highest BCUT2D eigenvalue weighted by Gasteiger charge is 2.36. The molecule has 1 aliphatic carbocycles. The van der Waals surface area contributed by atoms with Gasteiger partial charge in [-0.2, -0.15) is 0 Å². The van der Waals surface area contributed by atoms with Crippen molar-refractivity contribution in [3.8, 4) is 11.1 Å². The normalized spacial score (nSPS) is 18.5. The van der Waals surface area contributed by atoms with E-state index in [0.717, 1.165) is 55.5 Å². The average molecular weight is 619 g/mol. The van der Waals surface area contributed by atoms with E-state index in [-0.39, 0.29) is 5.92 Å². The van der Waals surface area contributed by atoms with Gasteiger partial charge in [-0.25, -0.2) is 4.79 Å². The molecular weight excluding hydrogens is 572 g/mol. The van der Waals surface area contributed by atoms with Crippen LogP contribution in [0.15, 0.2) is 109 Å². The lowest BCUT2D eigenvalue weighted by Crippen LogP contribution is -2.44. The van der Waals surface area contributed by atoms with Crippen molar-refractivity contribution in [2.45, 2.75) is 83.5 Å². The van der Waals surface area contributed by atoms with Crippen LogP contribution in [0.25, 0.3) is 11.1 Å². The Kier molecular flexibility index (Phi) is 11.3. The Morgan fingerprint density at radius 2 is 1.41 bits per heavy atom. The van der Waals surface area contributed by atoms with Gasteiger partial charge in [0, 0.05) is 24.7 Å². The fraction of sp³-hybridized carbons (Fsp3) is 0.350. The minimum absolute atomic E-state index is 0.387. The number of nitrogens with one attached hydrogen (secondary N) is 1. The van der Waals surface area contributed by atoms with Crippen LogP contribution in [0, 0.1) is 5.92 Å². The first-order valence-electron chi connectivity index (χ1n) is 16.5. The van der Waals surface area contributed by atoms with Crippen molar-refractivity contribution in [3.63, 3.8) is 0 Å². The lowest BCUT2D eigenvalue weighted by molar-refractivity contribution is -0.142. The third-order valence-corrected chi connectivity index (χ3v) is 9.35. The van der Waals surface area contributed by atoms with Crippen LogP contribution < -0.4 is 5.32 Å². The van der Waals surface area contributed by atoms with Crippen molar-refractivity contribution >= 4 is 17.7 Å². The Balaban J connectivity index is 1.26. The Labute approximate surface area is 273 Å². The molecule has 0 heterocycles. The number of ether oxygens (including phenoxy) is 1. The number of aliphatic carboxylic acids is 1. The van der Waals surface area contributed by atoms with Gasteiger partial charge in [0.05, 0.1) is 11.6 Å². The molecule has 0 bridgehead atoms. The molecule has 1 unspecified atom stereocenters. The van der Waals surface area contributed by atoms with Gasteiger partial charge in [-0.05, 0) is 80.2 Å². The minimum atomic E-state index is -0.767. The molecule has 5 rings (SSSR count). The van der Waals surface area contributed by atoms with Gasteiger partial charge in [0.15, 0.2) is 0 Å². The molecule has 4 aromatic carbocycles. The molecule has 1 aliphatic rings. The summed E-state index contributed by atoms with van der Waals surface area (Å²) in [6.45, 7) is 5.70. The fourth-order valence-corrected chi connectivity index (χ4v) is 6.55. The van der Waals surface area contributed by atoms with Gasteiger partial charge in [0.1, 0.15) is 5.60 Å². The molecule has 1 atom stereocenters. The van der Waals surface area contributed by atoms with Crippen LogP contribution in [-0.2, 0) is 29.0 Å². The SMILES string of the molecule is CCC(CCc1ccc(-c2ccccc2)c(NC(=O)O[C@]2(C)CC[C@@H](N(Cc3ccccc3)Cc3ccccc3)CC2)c1)C(=O)O. The van der Waals surface area contributed by atoms with Crippen LogP contribution in [0.5, 0.6) is 0 Å². The van der Waals surface area contributed by atoms with Crippen molar-refractivity contribution in [1.82, 2.24) is 4.90 Å². The van der Waals surface area contributed by atoms with E-state index in [1.165, 1.54) is 11.1 Å². The second-order valence-electron chi connectivity index (χ2n) is 12.8.